The molecule has 0 bridgehead atoms. The number of nitrogens with zero attached hydrogens (tertiary/aromatic N) is 6. The van der Waals surface area contributed by atoms with Crippen molar-refractivity contribution in [2.24, 2.45) is 5.92 Å². The summed E-state index contributed by atoms with van der Waals surface area (Å²) in [5, 5.41) is 22.0. The fraction of sp³-hybridized carbons (Fsp3) is 0.450. The van der Waals surface area contributed by atoms with Crippen LogP contribution in [0.15, 0.2) is 47.1 Å². The fourth-order valence-electron chi connectivity index (χ4n) is 3.89. The number of rotatable bonds is 6. The number of piperazine rings is 1. The lowest BCUT2D eigenvalue weighted by atomic mass is 10.0. The third-order valence-electron chi connectivity index (χ3n) is 5.26. The van der Waals surface area contributed by atoms with E-state index in [2.05, 4.69) is 39.2 Å². The second-order valence-corrected chi connectivity index (χ2v) is 7.50. The Balaban J connectivity index is 1.48. The van der Waals surface area contributed by atoms with Crippen molar-refractivity contribution in [3.63, 3.8) is 0 Å². The third-order valence-corrected chi connectivity index (χ3v) is 5.26. The molecule has 148 valence electrons. The predicted molar refractivity (Wildman–Crippen MR) is 105 cm³/mol. The Labute approximate surface area is 164 Å². The zero-order chi connectivity index (χ0) is 19.5. The van der Waals surface area contributed by atoms with Gasteiger partial charge in [-0.1, -0.05) is 13.8 Å². The average molecular weight is 382 g/mol. The van der Waals surface area contributed by atoms with Crippen molar-refractivity contribution < 1.29 is 9.52 Å². The van der Waals surface area contributed by atoms with Crippen molar-refractivity contribution in [3.8, 4) is 5.75 Å². The molecule has 0 radical (unpaired) electrons. The maximum Gasteiger partial charge on any atom is 0.169 e. The molecular formula is C20H26N6O2. The summed E-state index contributed by atoms with van der Waals surface area (Å²) in [6.07, 6.45) is 1.67. The van der Waals surface area contributed by atoms with Gasteiger partial charge in [0.05, 0.1) is 12.3 Å². The number of hydrogen-bond donors (Lipinski definition) is 1. The van der Waals surface area contributed by atoms with Crippen LogP contribution >= 0.6 is 0 Å². The number of benzene rings is 1. The number of aromatic nitrogens is 4. The lowest BCUT2D eigenvalue weighted by Crippen LogP contribution is -2.49. The molecule has 1 atom stereocenters. The molecule has 8 nitrogen and oxygen atoms in total. The Morgan fingerprint density at radius 2 is 1.82 bits per heavy atom. The molecule has 3 aromatic rings. The van der Waals surface area contributed by atoms with E-state index >= 15 is 0 Å². The molecule has 0 amide bonds. The lowest BCUT2D eigenvalue weighted by Gasteiger charge is -2.41. The van der Waals surface area contributed by atoms with Gasteiger partial charge in [-0.05, 0) is 52.7 Å². The van der Waals surface area contributed by atoms with E-state index in [9.17, 15) is 5.11 Å². The first-order valence-electron chi connectivity index (χ1n) is 9.68. The standard InChI is InChI=1S/C20H26N6O2/c1-15(2)19(20-21-22-23-26(20)14-18-4-3-13-28-18)25-11-9-24(10-12-25)16-5-7-17(27)8-6-16/h3-8,13,15,19,27H,9-12,14H2,1-2H3. The van der Waals surface area contributed by atoms with Crippen LogP contribution in [0.5, 0.6) is 5.75 Å². The van der Waals surface area contributed by atoms with Gasteiger partial charge in [-0.2, -0.15) is 0 Å². The number of anilines is 1. The Hall–Kier alpha value is -2.87. The van der Waals surface area contributed by atoms with Crippen molar-refractivity contribution in [1.29, 1.82) is 0 Å². The number of tetrazole rings is 1. The predicted octanol–water partition coefficient (Wildman–Crippen LogP) is 2.54. The van der Waals surface area contributed by atoms with Gasteiger partial charge in [0.15, 0.2) is 5.82 Å². The highest BCUT2D eigenvalue weighted by Gasteiger charge is 2.31. The summed E-state index contributed by atoms with van der Waals surface area (Å²) >= 11 is 0. The van der Waals surface area contributed by atoms with Crippen LogP contribution in [-0.2, 0) is 6.54 Å². The first kappa shape index (κ1) is 18.5. The Bertz CT molecular complexity index is 867. The molecular weight excluding hydrogens is 356 g/mol. The van der Waals surface area contributed by atoms with Crippen LogP contribution in [-0.4, -0.2) is 56.4 Å². The summed E-state index contributed by atoms with van der Waals surface area (Å²) in [6.45, 7) is 8.66. The Kier molecular flexibility index (Phi) is 5.29. The van der Waals surface area contributed by atoms with Gasteiger partial charge in [-0.25, -0.2) is 4.68 Å². The Morgan fingerprint density at radius 1 is 1.07 bits per heavy atom. The fourth-order valence-corrected chi connectivity index (χ4v) is 3.89. The van der Waals surface area contributed by atoms with E-state index in [1.165, 1.54) is 0 Å². The molecule has 0 spiro atoms. The molecule has 1 aliphatic heterocycles. The van der Waals surface area contributed by atoms with Gasteiger partial charge < -0.3 is 14.4 Å². The van der Waals surface area contributed by atoms with Crippen molar-refractivity contribution in [2.75, 3.05) is 31.1 Å². The highest BCUT2D eigenvalue weighted by atomic mass is 16.3. The summed E-state index contributed by atoms with van der Waals surface area (Å²) in [5.74, 6) is 2.39. The largest absolute Gasteiger partial charge is 0.508 e. The van der Waals surface area contributed by atoms with Crippen LogP contribution in [0.2, 0.25) is 0 Å². The molecule has 4 rings (SSSR count). The minimum Gasteiger partial charge on any atom is -0.508 e. The molecule has 1 unspecified atom stereocenters. The van der Waals surface area contributed by atoms with Gasteiger partial charge in [-0.15, -0.1) is 5.10 Å². The molecule has 1 saturated heterocycles. The summed E-state index contributed by atoms with van der Waals surface area (Å²) < 4.78 is 7.31. The molecule has 8 heteroatoms. The zero-order valence-corrected chi connectivity index (χ0v) is 16.3. The van der Waals surface area contributed by atoms with Crippen molar-refractivity contribution in [2.45, 2.75) is 26.4 Å². The zero-order valence-electron chi connectivity index (χ0n) is 16.3. The van der Waals surface area contributed by atoms with Gasteiger partial charge in [0.1, 0.15) is 18.1 Å². The number of phenolic OH excluding ortho intramolecular Hbond substituents is 1. The number of furan rings is 1. The second kappa shape index (κ2) is 8.02. The molecule has 1 fully saturated rings. The molecule has 1 aliphatic rings. The van der Waals surface area contributed by atoms with Gasteiger partial charge >= 0.3 is 0 Å². The van der Waals surface area contributed by atoms with Gasteiger partial charge in [0.2, 0.25) is 0 Å². The molecule has 1 N–H and O–H groups in total. The minimum atomic E-state index is 0.145. The molecule has 28 heavy (non-hydrogen) atoms. The smallest absolute Gasteiger partial charge is 0.169 e. The van der Waals surface area contributed by atoms with Gasteiger partial charge in [0.25, 0.3) is 0 Å². The summed E-state index contributed by atoms with van der Waals surface area (Å²) in [4.78, 5) is 4.81. The number of phenols is 1. The van der Waals surface area contributed by atoms with Crippen LogP contribution in [0.1, 0.15) is 31.5 Å². The van der Waals surface area contributed by atoms with Crippen molar-refractivity contribution in [1.82, 2.24) is 25.1 Å². The van der Waals surface area contributed by atoms with E-state index in [0.717, 1.165) is 43.5 Å². The third kappa shape index (κ3) is 3.87. The highest BCUT2D eigenvalue weighted by molar-refractivity contribution is 5.49. The highest BCUT2D eigenvalue weighted by Crippen LogP contribution is 2.29. The normalized spacial score (nSPS) is 16.6. The van der Waals surface area contributed by atoms with E-state index in [-0.39, 0.29) is 6.04 Å². The summed E-state index contributed by atoms with van der Waals surface area (Å²) in [6, 6.07) is 11.4. The number of hydrogen-bond acceptors (Lipinski definition) is 7. The van der Waals surface area contributed by atoms with E-state index in [0.29, 0.717) is 18.2 Å². The van der Waals surface area contributed by atoms with E-state index in [1.54, 1.807) is 18.4 Å². The molecule has 0 aliphatic carbocycles. The average Bonchev–Trinajstić information content (AvgIpc) is 3.36. The molecule has 2 aromatic heterocycles. The van der Waals surface area contributed by atoms with E-state index < -0.39 is 0 Å². The molecule has 1 aromatic carbocycles. The first-order chi connectivity index (χ1) is 13.6. The van der Waals surface area contributed by atoms with Crippen LogP contribution in [0.3, 0.4) is 0 Å². The summed E-state index contributed by atoms with van der Waals surface area (Å²) in [7, 11) is 0. The van der Waals surface area contributed by atoms with Crippen LogP contribution < -0.4 is 4.90 Å². The lowest BCUT2D eigenvalue weighted by molar-refractivity contribution is 0.135. The number of aromatic hydroxyl groups is 1. The van der Waals surface area contributed by atoms with Gasteiger partial charge in [0, 0.05) is 31.9 Å². The van der Waals surface area contributed by atoms with Crippen molar-refractivity contribution >= 4 is 5.69 Å². The molecule has 0 saturated carbocycles. The maximum absolute atomic E-state index is 9.50. The van der Waals surface area contributed by atoms with Crippen LogP contribution in [0.25, 0.3) is 0 Å². The summed E-state index contributed by atoms with van der Waals surface area (Å²) in [5.41, 5.74) is 1.14. The van der Waals surface area contributed by atoms with Crippen LogP contribution in [0, 0.1) is 5.92 Å². The van der Waals surface area contributed by atoms with E-state index in [1.807, 2.05) is 28.9 Å². The first-order valence-corrected chi connectivity index (χ1v) is 9.68. The molecule has 3 heterocycles. The quantitative estimate of drug-likeness (QED) is 0.701. The van der Waals surface area contributed by atoms with E-state index in [4.69, 9.17) is 4.42 Å². The Morgan fingerprint density at radius 3 is 2.46 bits per heavy atom. The maximum atomic E-state index is 9.50. The van der Waals surface area contributed by atoms with Crippen molar-refractivity contribution in [3.05, 3.63) is 54.2 Å². The van der Waals surface area contributed by atoms with Gasteiger partial charge in [-0.3, -0.25) is 4.90 Å². The minimum absolute atomic E-state index is 0.145. The second-order valence-electron chi connectivity index (χ2n) is 7.50. The SMILES string of the molecule is CC(C)C(c1nnnn1Cc1ccco1)N1CCN(c2ccc(O)cc2)CC1. The monoisotopic (exact) mass is 382 g/mol. The topological polar surface area (TPSA) is 83.5 Å². The van der Waals surface area contributed by atoms with Crippen LogP contribution in [0.4, 0.5) is 5.69 Å².